The Kier molecular flexibility index (Phi) is 7.13. The molecule has 2 aromatic carbocycles. The van der Waals surface area contributed by atoms with Crippen molar-refractivity contribution in [1.29, 1.82) is 0 Å². The molecule has 0 bridgehead atoms. The number of allylic oxidation sites excluding steroid dienone is 2. The van der Waals surface area contributed by atoms with Crippen LogP contribution in [0.3, 0.4) is 0 Å². The maximum atomic E-state index is 13.4. The van der Waals surface area contributed by atoms with Crippen LogP contribution in [0.25, 0.3) is 38.7 Å². The zero-order chi connectivity index (χ0) is 22.0. The molecule has 5 rings (SSSR count). The molecule has 0 saturated heterocycles. The van der Waals surface area contributed by atoms with Crippen LogP contribution in [0.4, 0.5) is 4.39 Å². The number of hydrogen-bond donors (Lipinski definition) is 1. The number of fused-ring (bicyclic) bond motifs is 4. The largest absolute Gasteiger partial charge is 0.512 e. The number of benzene rings is 2. The Morgan fingerprint density at radius 2 is 1.88 bits per heavy atom. The zero-order valence-electron chi connectivity index (χ0n) is 17.3. The van der Waals surface area contributed by atoms with Crippen LogP contribution in [0, 0.1) is 11.9 Å². The Labute approximate surface area is 197 Å². The van der Waals surface area contributed by atoms with Crippen molar-refractivity contribution in [2.24, 2.45) is 0 Å². The van der Waals surface area contributed by atoms with Gasteiger partial charge in [-0.05, 0) is 55.6 Å². The van der Waals surface area contributed by atoms with E-state index in [0.29, 0.717) is 0 Å². The fourth-order valence-electron chi connectivity index (χ4n) is 3.45. The summed E-state index contributed by atoms with van der Waals surface area (Å²) < 4.78 is 15.4. The van der Waals surface area contributed by atoms with Gasteiger partial charge >= 0.3 is 0 Å². The van der Waals surface area contributed by atoms with Gasteiger partial charge in [0.1, 0.15) is 17.3 Å². The average Bonchev–Trinajstić information content (AvgIpc) is 3.07. The summed E-state index contributed by atoms with van der Waals surface area (Å²) in [6.45, 7) is 2.85. The van der Waals surface area contributed by atoms with Crippen molar-refractivity contribution in [3.8, 4) is 5.82 Å². The number of aliphatic hydroxyl groups excluding tert-OH is 1. The van der Waals surface area contributed by atoms with Gasteiger partial charge in [0, 0.05) is 37.8 Å². The topological polar surface area (TPSA) is 68.0 Å². The normalized spacial score (nSPS) is 11.2. The minimum absolute atomic E-state index is 0. The van der Waals surface area contributed by atoms with E-state index in [1.165, 1.54) is 32.1 Å². The van der Waals surface area contributed by atoms with Crippen molar-refractivity contribution in [3.05, 3.63) is 90.6 Å². The molecule has 3 heterocycles. The van der Waals surface area contributed by atoms with Gasteiger partial charge in [-0.2, -0.15) is 24.3 Å². The number of pyridine rings is 2. The Hall–Kier alpha value is -3.41. The second-order valence-electron chi connectivity index (χ2n) is 7.05. The molecule has 0 aliphatic carbocycles. The number of halogens is 1. The minimum atomic E-state index is -0.260. The number of hydrogen-bond acceptors (Lipinski definition) is 4. The van der Waals surface area contributed by atoms with Crippen LogP contribution < -0.4 is 0 Å². The van der Waals surface area contributed by atoms with Crippen molar-refractivity contribution in [2.75, 3.05) is 0 Å². The van der Waals surface area contributed by atoms with Crippen molar-refractivity contribution in [1.82, 2.24) is 14.5 Å². The van der Waals surface area contributed by atoms with E-state index in [-0.39, 0.29) is 37.5 Å². The maximum Gasteiger partial charge on any atom is 0.155 e. The van der Waals surface area contributed by atoms with E-state index in [2.05, 4.69) is 17.1 Å². The minimum Gasteiger partial charge on any atom is -0.512 e. The summed E-state index contributed by atoms with van der Waals surface area (Å²) in [4.78, 5) is 19.2. The quantitative estimate of drug-likeness (QED) is 0.160. The van der Waals surface area contributed by atoms with E-state index >= 15 is 0 Å². The van der Waals surface area contributed by atoms with Gasteiger partial charge in [0.05, 0.1) is 11.3 Å². The van der Waals surface area contributed by atoms with E-state index in [0.717, 1.165) is 38.7 Å². The van der Waals surface area contributed by atoms with E-state index < -0.39 is 0 Å². The summed E-state index contributed by atoms with van der Waals surface area (Å²) in [5, 5.41) is 11.3. The zero-order valence-corrected chi connectivity index (χ0v) is 19.7. The van der Waals surface area contributed by atoms with Gasteiger partial charge in [-0.25, -0.2) is 14.4 Å². The molecule has 5 nitrogen and oxygen atoms in total. The molecule has 0 aliphatic heterocycles. The Morgan fingerprint density at radius 3 is 2.59 bits per heavy atom. The summed E-state index contributed by atoms with van der Waals surface area (Å²) >= 11 is 0. The molecule has 1 radical (unpaired) electrons. The van der Waals surface area contributed by atoms with Crippen molar-refractivity contribution in [3.63, 3.8) is 0 Å². The third kappa shape index (κ3) is 4.74. The first-order chi connectivity index (χ1) is 14.9. The molecule has 5 aromatic rings. The van der Waals surface area contributed by atoms with Crippen LogP contribution in [0.5, 0.6) is 0 Å². The summed E-state index contributed by atoms with van der Waals surface area (Å²) in [6, 6.07) is 21.5. The van der Waals surface area contributed by atoms with Crippen LogP contribution >= 0.6 is 0 Å². The molecule has 0 spiro atoms. The number of para-hydroxylation sites is 1. The second kappa shape index (κ2) is 9.81. The molecule has 163 valence electrons. The molecule has 0 amide bonds. The number of aliphatic hydroxyl groups is 1. The molecule has 0 unspecified atom stereocenters. The van der Waals surface area contributed by atoms with E-state index in [1.54, 1.807) is 12.3 Å². The predicted molar refractivity (Wildman–Crippen MR) is 120 cm³/mol. The fourth-order valence-corrected chi connectivity index (χ4v) is 3.45. The third-order valence-electron chi connectivity index (χ3n) is 4.62. The number of ketones is 1. The molecular formula is C25H19FIrN3O2-. The predicted octanol–water partition coefficient (Wildman–Crippen LogP) is 5.70. The number of carbonyl (C=O) groups excluding carboxylic acids is 1. The first-order valence-electron chi connectivity index (χ1n) is 9.64. The molecule has 0 fully saturated rings. The van der Waals surface area contributed by atoms with Gasteiger partial charge < -0.3 is 9.67 Å². The Bertz CT molecular complexity index is 1400. The summed E-state index contributed by atoms with van der Waals surface area (Å²) in [5.41, 5.74) is 2.51. The number of aromatic nitrogens is 3. The standard InChI is InChI=1S/C20H11FN3.C5H8O2.Ir/c21-14-8-9-17-13(12-14)7-10-19(23-17)24-18-6-2-1-4-15(18)16-5-3-11-22-20(16)24;1-4(6)3-5(2)7;/h1-5,7-12H;3,6H,1-2H3;/q-1;;/b;4-3-;. The monoisotopic (exact) mass is 605 g/mol. The van der Waals surface area contributed by atoms with E-state index in [4.69, 9.17) is 10.1 Å². The Morgan fingerprint density at radius 1 is 1.09 bits per heavy atom. The molecule has 0 saturated carbocycles. The Balaban J connectivity index is 0.000000318. The fraction of sp³-hybridized carbons (Fsp3) is 0.0800. The third-order valence-corrected chi connectivity index (χ3v) is 4.62. The van der Waals surface area contributed by atoms with Crippen molar-refractivity contribution >= 4 is 38.6 Å². The molecule has 7 heteroatoms. The average molecular weight is 605 g/mol. The summed E-state index contributed by atoms with van der Waals surface area (Å²) in [7, 11) is 0. The van der Waals surface area contributed by atoms with E-state index in [1.807, 2.05) is 41.0 Å². The van der Waals surface area contributed by atoms with Crippen LogP contribution in [-0.2, 0) is 24.9 Å². The van der Waals surface area contributed by atoms with Crippen LogP contribution in [0.1, 0.15) is 13.8 Å². The van der Waals surface area contributed by atoms with Gasteiger partial charge in [-0.1, -0.05) is 11.6 Å². The second-order valence-corrected chi connectivity index (χ2v) is 7.05. The molecular weight excluding hydrogens is 586 g/mol. The van der Waals surface area contributed by atoms with Gasteiger partial charge in [-0.3, -0.25) is 4.79 Å². The van der Waals surface area contributed by atoms with Crippen molar-refractivity contribution in [2.45, 2.75) is 13.8 Å². The smallest absolute Gasteiger partial charge is 0.155 e. The van der Waals surface area contributed by atoms with Gasteiger partial charge in [0.25, 0.3) is 0 Å². The molecule has 3 aromatic heterocycles. The first kappa shape index (κ1) is 23.3. The van der Waals surface area contributed by atoms with Crippen molar-refractivity contribution < 1.29 is 34.4 Å². The molecule has 0 aliphatic rings. The summed E-state index contributed by atoms with van der Waals surface area (Å²) in [6.07, 6.45) is 2.94. The van der Waals surface area contributed by atoms with Crippen LogP contribution in [0.15, 0.2) is 78.7 Å². The van der Waals surface area contributed by atoms with Gasteiger partial charge in [0.15, 0.2) is 5.78 Å². The number of nitrogens with zero attached hydrogens (tertiary/aromatic N) is 3. The SMILES string of the molecule is CC(=O)/C=C(/C)O.Fc1ccc2nc(-n3c4[c-]cccc4c4cccnc43)ccc2c1.[Ir]. The molecule has 32 heavy (non-hydrogen) atoms. The molecule has 0 atom stereocenters. The number of carbonyl (C=O) groups is 1. The van der Waals surface area contributed by atoms with Gasteiger partial charge in [-0.15, -0.1) is 5.39 Å². The van der Waals surface area contributed by atoms with E-state index in [9.17, 15) is 9.18 Å². The maximum absolute atomic E-state index is 13.4. The number of rotatable bonds is 2. The van der Waals surface area contributed by atoms with Gasteiger partial charge in [0.2, 0.25) is 0 Å². The first-order valence-corrected chi connectivity index (χ1v) is 9.64. The van der Waals surface area contributed by atoms with Crippen LogP contribution in [-0.4, -0.2) is 25.4 Å². The molecule has 1 N–H and O–H groups in total. The van der Waals surface area contributed by atoms with Crippen LogP contribution in [0.2, 0.25) is 0 Å². The summed E-state index contributed by atoms with van der Waals surface area (Å²) in [5.74, 6) is 0.423.